The molecule has 235 valence electrons. The summed E-state index contributed by atoms with van der Waals surface area (Å²) in [5, 5.41) is 0. The monoisotopic (exact) mass is 731 g/mol. The molecule has 0 N–H and O–H groups in total. The maximum atomic E-state index is 15.3. The number of fused-ring (bicyclic) bond motifs is 2. The number of aryl methyl sites for hydroxylation is 1. The van der Waals surface area contributed by atoms with E-state index in [4.69, 9.17) is 0 Å². The SMILES string of the molecule is CCC1=Cc2cccc(-c3ccccc3)c2C1N(C1C(CC)=Cc2cccc(-c3ccccc3)c21)S(=O)(=O)c1ccc(C)cc1.[Cl-].[Y]. The van der Waals surface area contributed by atoms with Gasteiger partial charge in [-0.1, -0.05) is 141 Å². The van der Waals surface area contributed by atoms with Crippen molar-refractivity contribution in [1.29, 1.82) is 0 Å². The van der Waals surface area contributed by atoms with E-state index < -0.39 is 22.1 Å². The van der Waals surface area contributed by atoms with Crippen molar-refractivity contribution in [3.8, 4) is 22.3 Å². The Morgan fingerprint density at radius 1 is 0.574 bits per heavy atom. The number of benzene rings is 5. The molecular formula is C41H37ClNO2SY-. The summed E-state index contributed by atoms with van der Waals surface area (Å²) >= 11 is 0. The van der Waals surface area contributed by atoms with Crippen LogP contribution in [0.25, 0.3) is 34.4 Å². The average molecular weight is 732 g/mol. The number of hydrogen-bond donors (Lipinski definition) is 0. The first-order valence-corrected chi connectivity index (χ1v) is 17.2. The predicted octanol–water partition coefficient (Wildman–Crippen LogP) is 7.42. The van der Waals surface area contributed by atoms with Crippen LogP contribution < -0.4 is 12.4 Å². The van der Waals surface area contributed by atoms with Crippen molar-refractivity contribution in [2.75, 3.05) is 0 Å². The fourth-order valence-electron chi connectivity index (χ4n) is 7.13. The molecular weight excluding hydrogens is 695 g/mol. The van der Waals surface area contributed by atoms with Gasteiger partial charge >= 0.3 is 0 Å². The summed E-state index contributed by atoms with van der Waals surface area (Å²) in [7, 11) is -4.00. The van der Waals surface area contributed by atoms with Crippen LogP contribution in [0.4, 0.5) is 0 Å². The van der Waals surface area contributed by atoms with E-state index >= 15 is 8.42 Å². The molecule has 2 aliphatic carbocycles. The van der Waals surface area contributed by atoms with Gasteiger partial charge in [-0.25, -0.2) is 8.42 Å². The summed E-state index contributed by atoms with van der Waals surface area (Å²) in [6, 6.07) is 39.8. The molecule has 0 bridgehead atoms. The van der Waals surface area contributed by atoms with Crippen molar-refractivity contribution in [1.82, 2.24) is 4.31 Å². The molecule has 0 aromatic heterocycles. The van der Waals surface area contributed by atoms with E-state index in [1.807, 2.05) is 59.8 Å². The second-order valence-electron chi connectivity index (χ2n) is 11.9. The topological polar surface area (TPSA) is 37.4 Å². The van der Waals surface area contributed by atoms with E-state index in [2.05, 4.69) is 86.7 Å². The van der Waals surface area contributed by atoms with E-state index in [0.29, 0.717) is 4.90 Å². The first kappa shape index (κ1) is 35.2. The molecule has 0 aliphatic heterocycles. The fourth-order valence-corrected chi connectivity index (χ4v) is 8.89. The van der Waals surface area contributed by atoms with Gasteiger partial charge in [0.1, 0.15) is 0 Å². The zero-order valence-corrected chi connectivity index (χ0v) is 31.3. The minimum Gasteiger partial charge on any atom is -1.00 e. The van der Waals surface area contributed by atoms with Crippen LogP contribution in [0.5, 0.6) is 0 Å². The minimum atomic E-state index is -4.00. The van der Waals surface area contributed by atoms with Gasteiger partial charge in [0.2, 0.25) is 10.0 Å². The van der Waals surface area contributed by atoms with Crippen LogP contribution in [0, 0.1) is 6.92 Å². The van der Waals surface area contributed by atoms with Gasteiger partial charge in [0.15, 0.2) is 0 Å². The van der Waals surface area contributed by atoms with Crippen LogP contribution in [0.1, 0.15) is 66.6 Å². The Kier molecular flexibility index (Phi) is 10.9. The van der Waals surface area contributed by atoms with Crippen LogP contribution in [-0.4, -0.2) is 12.7 Å². The quantitative estimate of drug-likeness (QED) is 0.167. The summed E-state index contributed by atoms with van der Waals surface area (Å²) in [6.07, 6.45) is 5.91. The largest absolute Gasteiger partial charge is 1.00 e. The second kappa shape index (κ2) is 14.6. The van der Waals surface area contributed by atoms with Crippen molar-refractivity contribution >= 4 is 22.2 Å². The van der Waals surface area contributed by atoms with Crippen molar-refractivity contribution in [2.24, 2.45) is 0 Å². The van der Waals surface area contributed by atoms with Gasteiger partial charge in [-0.2, -0.15) is 4.31 Å². The molecule has 0 amide bonds. The molecule has 3 nitrogen and oxygen atoms in total. The fraction of sp³-hybridized carbons (Fsp3) is 0.171. The van der Waals surface area contributed by atoms with E-state index in [9.17, 15) is 0 Å². The molecule has 0 fully saturated rings. The van der Waals surface area contributed by atoms with Gasteiger partial charge in [0.25, 0.3) is 0 Å². The Morgan fingerprint density at radius 2 is 1.00 bits per heavy atom. The molecule has 0 saturated carbocycles. The van der Waals surface area contributed by atoms with Crippen molar-refractivity contribution in [3.63, 3.8) is 0 Å². The molecule has 2 unspecified atom stereocenters. The van der Waals surface area contributed by atoms with Gasteiger partial charge in [0, 0.05) is 32.7 Å². The molecule has 0 saturated heterocycles. The van der Waals surface area contributed by atoms with E-state index in [1.54, 1.807) is 12.1 Å². The maximum Gasteiger partial charge on any atom is 0.244 e. The molecule has 0 heterocycles. The second-order valence-corrected chi connectivity index (χ2v) is 13.8. The Morgan fingerprint density at radius 3 is 1.40 bits per heavy atom. The molecule has 6 heteroatoms. The zero-order chi connectivity index (χ0) is 31.1. The molecule has 2 atom stereocenters. The standard InChI is InChI=1S/C41H37NO2S.ClH.Y/c1-4-29-26-33-18-12-20-36(31-14-8-6-9-15-31)38(33)40(29)42(45(43,44)35-24-22-28(3)23-25-35)41-30(5-2)27-34-19-13-21-37(39(34)41)32-16-10-7-11-17-32;;/h6-27,40-41H,4-5H2,1-3H3;1H;/p-1. The van der Waals surface area contributed by atoms with Crippen molar-refractivity contribution < 1.29 is 53.5 Å². The van der Waals surface area contributed by atoms with E-state index in [-0.39, 0.29) is 45.1 Å². The van der Waals surface area contributed by atoms with Crippen LogP contribution in [-0.2, 0) is 42.7 Å². The van der Waals surface area contributed by atoms with Gasteiger partial charge in [-0.15, -0.1) is 0 Å². The Labute approximate surface area is 310 Å². The van der Waals surface area contributed by atoms with Crippen LogP contribution >= 0.6 is 0 Å². The van der Waals surface area contributed by atoms with Gasteiger partial charge in [-0.05, 0) is 87.6 Å². The number of nitrogens with zero attached hydrogens (tertiary/aromatic N) is 1. The average Bonchev–Trinajstić information content (AvgIpc) is 3.64. The minimum absolute atomic E-state index is 0. The normalized spacial score (nSPS) is 16.4. The van der Waals surface area contributed by atoms with Crippen LogP contribution in [0.2, 0.25) is 0 Å². The van der Waals surface area contributed by atoms with Gasteiger partial charge < -0.3 is 12.4 Å². The molecule has 5 aromatic rings. The molecule has 1 radical (unpaired) electrons. The molecule has 0 spiro atoms. The molecule has 7 rings (SSSR count). The Balaban J connectivity index is 0.00000217. The number of hydrogen-bond acceptors (Lipinski definition) is 2. The molecule has 47 heavy (non-hydrogen) atoms. The van der Waals surface area contributed by atoms with Crippen molar-refractivity contribution in [3.05, 3.63) is 160 Å². The summed E-state index contributed by atoms with van der Waals surface area (Å²) in [5.41, 5.74) is 11.8. The third kappa shape index (κ3) is 6.27. The number of halogens is 1. The van der Waals surface area contributed by atoms with E-state index in [1.165, 1.54) is 0 Å². The summed E-state index contributed by atoms with van der Waals surface area (Å²) in [6.45, 7) is 6.26. The van der Waals surface area contributed by atoms with Crippen molar-refractivity contribution in [2.45, 2.75) is 50.6 Å². The number of sulfonamides is 1. The molecule has 5 aromatic carbocycles. The van der Waals surface area contributed by atoms with Gasteiger partial charge in [-0.3, -0.25) is 0 Å². The maximum absolute atomic E-state index is 15.3. The Hall–Kier alpha value is -3.12. The number of rotatable bonds is 8. The third-order valence-corrected chi connectivity index (χ3v) is 11.1. The smallest absolute Gasteiger partial charge is 0.244 e. The zero-order valence-electron chi connectivity index (χ0n) is 26.9. The van der Waals surface area contributed by atoms with Gasteiger partial charge in [0.05, 0.1) is 17.0 Å². The third-order valence-electron chi connectivity index (χ3n) is 9.30. The summed E-state index contributed by atoms with van der Waals surface area (Å²) in [5.74, 6) is 0. The first-order chi connectivity index (χ1) is 21.9. The van der Waals surface area contributed by atoms with E-state index in [0.717, 1.165) is 74.1 Å². The predicted molar refractivity (Wildman–Crippen MR) is 186 cm³/mol. The molecule has 2 aliphatic rings. The van der Waals surface area contributed by atoms with Crippen LogP contribution in [0.15, 0.2) is 137 Å². The first-order valence-electron chi connectivity index (χ1n) is 15.8. The Bertz CT molecular complexity index is 1940. The summed E-state index contributed by atoms with van der Waals surface area (Å²) in [4.78, 5) is 0.315. The van der Waals surface area contributed by atoms with Crippen LogP contribution in [0.3, 0.4) is 0 Å². The summed E-state index contributed by atoms with van der Waals surface area (Å²) < 4.78 is 32.5.